The first-order chi connectivity index (χ1) is 10.1. The van der Waals surface area contributed by atoms with Crippen molar-refractivity contribution in [3.63, 3.8) is 0 Å². The van der Waals surface area contributed by atoms with Crippen molar-refractivity contribution in [2.45, 2.75) is 38.6 Å². The molecule has 2 heterocycles. The maximum atomic E-state index is 11.9. The molecule has 1 aromatic heterocycles. The molecule has 0 saturated carbocycles. The fourth-order valence-electron chi connectivity index (χ4n) is 2.71. The second kappa shape index (κ2) is 6.56. The number of carboxylic acid groups (broad SMARTS) is 1. The summed E-state index contributed by atoms with van der Waals surface area (Å²) >= 11 is 0. The Morgan fingerprint density at radius 2 is 2.24 bits per heavy atom. The number of carboxylic acids is 1. The van der Waals surface area contributed by atoms with E-state index >= 15 is 0 Å². The number of likely N-dealkylation sites (N-methyl/N-ethyl adjacent to an activating group) is 1. The van der Waals surface area contributed by atoms with Crippen molar-refractivity contribution in [1.82, 2.24) is 10.3 Å². The van der Waals surface area contributed by atoms with Gasteiger partial charge in [-0.1, -0.05) is 13.3 Å². The van der Waals surface area contributed by atoms with E-state index in [1.807, 2.05) is 11.8 Å². The predicted molar refractivity (Wildman–Crippen MR) is 79.6 cm³/mol. The van der Waals surface area contributed by atoms with Crippen LogP contribution < -0.4 is 10.2 Å². The summed E-state index contributed by atoms with van der Waals surface area (Å²) in [5, 5.41) is 11.9. The van der Waals surface area contributed by atoms with Crippen LogP contribution in [0.2, 0.25) is 0 Å². The fraction of sp³-hybridized carbons (Fsp3) is 0.533. The number of carbonyl (C=O) groups is 2. The minimum atomic E-state index is -0.966. The van der Waals surface area contributed by atoms with Gasteiger partial charge in [0, 0.05) is 19.3 Å². The Labute approximate surface area is 124 Å². The molecule has 1 aliphatic rings. The van der Waals surface area contributed by atoms with Crippen molar-refractivity contribution in [3.8, 4) is 0 Å². The van der Waals surface area contributed by atoms with E-state index in [9.17, 15) is 14.7 Å². The van der Waals surface area contributed by atoms with Crippen LogP contribution in [0.5, 0.6) is 0 Å². The molecular weight excluding hydrogens is 270 g/mol. The number of aromatic nitrogens is 1. The Morgan fingerprint density at radius 3 is 2.86 bits per heavy atom. The zero-order chi connectivity index (χ0) is 15.4. The van der Waals surface area contributed by atoms with Crippen molar-refractivity contribution >= 4 is 17.7 Å². The SMILES string of the molecule is CCCc1cc(C(=O)O)cc(N2CCCC2C(=O)NC)n1. The van der Waals surface area contributed by atoms with E-state index in [4.69, 9.17) is 0 Å². The highest BCUT2D eigenvalue weighted by Crippen LogP contribution is 2.25. The molecule has 0 bridgehead atoms. The smallest absolute Gasteiger partial charge is 0.335 e. The summed E-state index contributed by atoms with van der Waals surface area (Å²) in [6.45, 7) is 2.75. The van der Waals surface area contributed by atoms with Crippen molar-refractivity contribution in [2.24, 2.45) is 0 Å². The van der Waals surface area contributed by atoms with Crippen molar-refractivity contribution in [2.75, 3.05) is 18.5 Å². The Kier molecular flexibility index (Phi) is 4.77. The van der Waals surface area contributed by atoms with Gasteiger partial charge in [0.05, 0.1) is 5.56 Å². The molecule has 2 N–H and O–H groups in total. The number of aromatic carboxylic acids is 1. The van der Waals surface area contributed by atoms with Gasteiger partial charge in [0.25, 0.3) is 0 Å². The monoisotopic (exact) mass is 291 g/mol. The van der Waals surface area contributed by atoms with Gasteiger partial charge in [-0.05, 0) is 31.4 Å². The topological polar surface area (TPSA) is 82.5 Å². The van der Waals surface area contributed by atoms with Crippen molar-refractivity contribution < 1.29 is 14.7 Å². The van der Waals surface area contributed by atoms with E-state index in [1.54, 1.807) is 19.2 Å². The number of nitrogens with one attached hydrogen (secondary N) is 1. The molecule has 21 heavy (non-hydrogen) atoms. The highest BCUT2D eigenvalue weighted by molar-refractivity contribution is 5.89. The van der Waals surface area contributed by atoms with Crippen LogP contribution in [-0.4, -0.2) is 41.6 Å². The van der Waals surface area contributed by atoms with Crippen LogP contribution in [0.25, 0.3) is 0 Å². The summed E-state index contributed by atoms with van der Waals surface area (Å²) in [6, 6.07) is 2.91. The molecule has 1 atom stereocenters. The summed E-state index contributed by atoms with van der Waals surface area (Å²) in [7, 11) is 1.61. The van der Waals surface area contributed by atoms with Crippen LogP contribution in [0.1, 0.15) is 42.2 Å². The molecule has 6 nitrogen and oxygen atoms in total. The molecule has 6 heteroatoms. The highest BCUT2D eigenvalue weighted by atomic mass is 16.4. The third-order valence-corrected chi connectivity index (χ3v) is 3.71. The molecular formula is C15H21N3O3. The second-order valence-corrected chi connectivity index (χ2v) is 5.23. The van der Waals surface area contributed by atoms with E-state index in [-0.39, 0.29) is 17.5 Å². The highest BCUT2D eigenvalue weighted by Gasteiger charge is 2.31. The molecule has 1 amide bonds. The van der Waals surface area contributed by atoms with Gasteiger partial charge in [0.15, 0.2) is 0 Å². The lowest BCUT2D eigenvalue weighted by Gasteiger charge is -2.25. The second-order valence-electron chi connectivity index (χ2n) is 5.23. The molecule has 1 fully saturated rings. The van der Waals surface area contributed by atoms with Crippen LogP contribution in [0.4, 0.5) is 5.82 Å². The van der Waals surface area contributed by atoms with E-state index < -0.39 is 5.97 Å². The number of nitrogens with zero attached hydrogens (tertiary/aromatic N) is 2. The molecule has 114 valence electrons. The normalized spacial score (nSPS) is 17.8. The Balaban J connectivity index is 2.37. The number of pyridine rings is 1. The van der Waals surface area contributed by atoms with Gasteiger partial charge in [0.2, 0.25) is 5.91 Å². The van der Waals surface area contributed by atoms with Gasteiger partial charge in [-0.3, -0.25) is 4.79 Å². The molecule has 0 spiro atoms. The number of hydrogen-bond donors (Lipinski definition) is 2. The summed E-state index contributed by atoms with van der Waals surface area (Å²) in [6.07, 6.45) is 3.29. The number of carbonyl (C=O) groups excluding carboxylic acids is 1. The van der Waals surface area contributed by atoms with Gasteiger partial charge in [-0.15, -0.1) is 0 Å². The molecule has 0 radical (unpaired) electrons. The van der Waals surface area contributed by atoms with Gasteiger partial charge < -0.3 is 15.3 Å². The standard InChI is InChI=1S/C15H21N3O3/c1-3-5-11-8-10(15(20)21)9-13(17-11)18-7-4-6-12(18)14(19)16-2/h8-9,12H,3-7H2,1-2H3,(H,16,19)(H,20,21). The lowest BCUT2D eigenvalue weighted by molar-refractivity contribution is -0.121. The van der Waals surface area contributed by atoms with Gasteiger partial charge in [-0.2, -0.15) is 0 Å². The maximum absolute atomic E-state index is 11.9. The molecule has 1 unspecified atom stereocenters. The fourth-order valence-corrected chi connectivity index (χ4v) is 2.71. The number of aryl methyl sites for hydroxylation is 1. The third-order valence-electron chi connectivity index (χ3n) is 3.71. The third kappa shape index (κ3) is 3.32. The van der Waals surface area contributed by atoms with Crippen LogP contribution in [-0.2, 0) is 11.2 Å². The molecule has 1 saturated heterocycles. The first kappa shape index (κ1) is 15.3. The number of amides is 1. The maximum Gasteiger partial charge on any atom is 0.335 e. The Bertz CT molecular complexity index is 545. The van der Waals surface area contributed by atoms with E-state index in [1.165, 1.54) is 0 Å². The van der Waals surface area contributed by atoms with Crippen LogP contribution >= 0.6 is 0 Å². The first-order valence-electron chi connectivity index (χ1n) is 7.29. The zero-order valence-corrected chi connectivity index (χ0v) is 12.4. The lowest BCUT2D eigenvalue weighted by atomic mass is 10.1. The van der Waals surface area contributed by atoms with Crippen LogP contribution in [0.3, 0.4) is 0 Å². The average molecular weight is 291 g/mol. The minimum Gasteiger partial charge on any atom is -0.478 e. The summed E-state index contributed by atoms with van der Waals surface area (Å²) in [5.41, 5.74) is 0.987. The Morgan fingerprint density at radius 1 is 1.48 bits per heavy atom. The van der Waals surface area contributed by atoms with Crippen LogP contribution in [0, 0.1) is 0 Å². The van der Waals surface area contributed by atoms with E-state index in [2.05, 4.69) is 10.3 Å². The molecule has 0 aliphatic carbocycles. The predicted octanol–water partition coefficient (Wildman–Crippen LogP) is 1.45. The Hall–Kier alpha value is -2.11. The number of anilines is 1. The van der Waals surface area contributed by atoms with Crippen molar-refractivity contribution in [1.29, 1.82) is 0 Å². The quantitative estimate of drug-likeness (QED) is 0.858. The van der Waals surface area contributed by atoms with E-state index in [0.29, 0.717) is 5.82 Å². The van der Waals surface area contributed by atoms with E-state index in [0.717, 1.165) is 37.9 Å². The minimum absolute atomic E-state index is 0.0490. The van der Waals surface area contributed by atoms with Crippen molar-refractivity contribution in [3.05, 3.63) is 23.4 Å². The van der Waals surface area contributed by atoms with Gasteiger partial charge in [-0.25, -0.2) is 9.78 Å². The van der Waals surface area contributed by atoms with Crippen LogP contribution in [0.15, 0.2) is 12.1 Å². The molecule has 0 aromatic carbocycles. The lowest BCUT2D eigenvalue weighted by Crippen LogP contribution is -2.42. The zero-order valence-electron chi connectivity index (χ0n) is 12.4. The first-order valence-corrected chi connectivity index (χ1v) is 7.29. The number of hydrogen-bond acceptors (Lipinski definition) is 4. The molecule has 1 aromatic rings. The summed E-state index contributed by atoms with van der Waals surface area (Å²) < 4.78 is 0. The van der Waals surface area contributed by atoms with Gasteiger partial charge >= 0.3 is 5.97 Å². The largest absolute Gasteiger partial charge is 0.478 e. The average Bonchev–Trinajstić information content (AvgIpc) is 2.95. The summed E-state index contributed by atoms with van der Waals surface area (Å²) in [5.74, 6) is -0.428. The number of rotatable bonds is 5. The molecule has 2 rings (SSSR count). The summed E-state index contributed by atoms with van der Waals surface area (Å²) in [4.78, 5) is 29.6. The molecule has 1 aliphatic heterocycles. The van der Waals surface area contributed by atoms with Gasteiger partial charge in [0.1, 0.15) is 11.9 Å².